The third kappa shape index (κ3) is 2.36. The molecule has 2 N–H and O–H groups in total. The Hall–Kier alpha value is -2.33. The van der Waals surface area contributed by atoms with Crippen LogP contribution in [0.3, 0.4) is 0 Å². The number of carbonyl (C=O) groups is 1. The molecule has 3 aliphatic rings. The van der Waals surface area contributed by atoms with Gasteiger partial charge in [0.25, 0.3) is 5.91 Å². The minimum Gasteiger partial charge on any atom is -0.362 e. The van der Waals surface area contributed by atoms with E-state index in [-0.39, 0.29) is 11.9 Å². The van der Waals surface area contributed by atoms with Crippen LogP contribution in [-0.2, 0) is 16.6 Å². The lowest BCUT2D eigenvalue weighted by Crippen LogP contribution is -2.55. The number of nitrogens with zero attached hydrogens (tertiary/aromatic N) is 1. The first-order valence-corrected chi connectivity index (χ1v) is 10.1. The van der Waals surface area contributed by atoms with E-state index >= 15 is 0 Å². The molecule has 2 aliphatic heterocycles. The van der Waals surface area contributed by atoms with Crippen molar-refractivity contribution in [3.05, 3.63) is 65.7 Å². The van der Waals surface area contributed by atoms with Gasteiger partial charge in [0.1, 0.15) is 0 Å². The molecular formula is C23H26N2O2. The Bertz CT molecular complexity index is 862. The standard InChI is InChI=1S/C23H26N2O2/c26-21-23(27)22(15-17-9-3-1-4-10-17,19-13-7-8-14-20(19)24-23)16-25(21)18-11-5-2-6-12-18/h1,3-4,7-10,13-14,18,24,27H,2,5-6,11-12,15-16H2. The molecule has 1 saturated heterocycles. The molecule has 4 heteroatoms. The van der Waals surface area contributed by atoms with Crippen molar-refractivity contribution >= 4 is 11.6 Å². The second-order valence-corrected chi connectivity index (χ2v) is 8.35. The second-order valence-electron chi connectivity index (χ2n) is 8.35. The van der Waals surface area contributed by atoms with Crippen molar-refractivity contribution < 1.29 is 9.90 Å². The molecule has 2 unspecified atom stereocenters. The van der Waals surface area contributed by atoms with E-state index in [1.54, 1.807) is 0 Å². The Balaban J connectivity index is 1.61. The predicted octanol–water partition coefficient (Wildman–Crippen LogP) is 3.46. The van der Waals surface area contributed by atoms with Crippen LogP contribution in [0.4, 0.5) is 5.69 Å². The number of fused-ring (bicyclic) bond motifs is 3. The third-order valence-electron chi connectivity index (χ3n) is 6.83. The second kappa shape index (κ2) is 6.10. The van der Waals surface area contributed by atoms with Crippen molar-refractivity contribution in [3.8, 4) is 0 Å². The fourth-order valence-corrected chi connectivity index (χ4v) is 5.46. The van der Waals surface area contributed by atoms with Crippen LogP contribution in [0, 0.1) is 0 Å². The molecule has 1 amide bonds. The van der Waals surface area contributed by atoms with E-state index in [4.69, 9.17) is 0 Å². The van der Waals surface area contributed by atoms with Gasteiger partial charge in [-0.25, -0.2) is 0 Å². The highest BCUT2D eigenvalue weighted by atomic mass is 16.3. The SMILES string of the molecule is O=C1N(C2CCCCC2)CC2(Cc3ccccc3)c3ccccc3NC12O. The van der Waals surface area contributed by atoms with Crippen molar-refractivity contribution in [3.63, 3.8) is 0 Å². The fraction of sp³-hybridized carbons (Fsp3) is 0.435. The third-order valence-corrected chi connectivity index (χ3v) is 6.83. The summed E-state index contributed by atoms with van der Waals surface area (Å²) >= 11 is 0. The molecule has 2 atom stereocenters. The van der Waals surface area contributed by atoms with Crippen LogP contribution < -0.4 is 5.32 Å². The van der Waals surface area contributed by atoms with E-state index in [1.807, 2.05) is 41.3 Å². The van der Waals surface area contributed by atoms with Crippen molar-refractivity contribution in [2.45, 2.75) is 55.7 Å². The summed E-state index contributed by atoms with van der Waals surface area (Å²) in [6.07, 6.45) is 6.32. The number of benzene rings is 2. The molecule has 0 bridgehead atoms. The van der Waals surface area contributed by atoms with Gasteiger partial charge in [0.2, 0.25) is 5.72 Å². The maximum Gasteiger partial charge on any atom is 0.277 e. The van der Waals surface area contributed by atoms with Crippen LogP contribution in [0.1, 0.15) is 43.2 Å². The first-order chi connectivity index (χ1) is 13.1. The van der Waals surface area contributed by atoms with Gasteiger partial charge in [0.15, 0.2) is 0 Å². The fourth-order valence-electron chi connectivity index (χ4n) is 5.46. The van der Waals surface area contributed by atoms with Crippen LogP contribution in [0.15, 0.2) is 54.6 Å². The quantitative estimate of drug-likeness (QED) is 0.879. The van der Waals surface area contributed by atoms with Crippen molar-refractivity contribution in [2.24, 2.45) is 0 Å². The summed E-state index contributed by atoms with van der Waals surface area (Å²) in [5.41, 5.74) is 0.868. The lowest BCUT2D eigenvalue weighted by molar-refractivity contribution is -0.144. The van der Waals surface area contributed by atoms with E-state index in [0.717, 1.165) is 29.7 Å². The van der Waals surface area contributed by atoms with Gasteiger partial charge in [-0.05, 0) is 36.5 Å². The highest BCUT2D eigenvalue weighted by Gasteiger charge is 2.68. The molecule has 2 heterocycles. The van der Waals surface area contributed by atoms with Gasteiger partial charge in [-0.2, -0.15) is 0 Å². The van der Waals surface area contributed by atoms with E-state index in [1.165, 1.54) is 19.3 Å². The number of hydrogen-bond acceptors (Lipinski definition) is 3. The molecule has 1 aliphatic carbocycles. The molecule has 0 spiro atoms. The Labute approximate surface area is 160 Å². The number of nitrogens with one attached hydrogen (secondary N) is 1. The number of hydrogen-bond donors (Lipinski definition) is 2. The summed E-state index contributed by atoms with van der Waals surface area (Å²) in [5, 5.41) is 14.9. The summed E-state index contributed by atoms with van der Waals surface area (Å²) in [6.45, 7) is 0.575. The Kier molecular flexibility index (Phi) is 3.80. The summed E-state index contributed by atoms with van der Waals surface area (Å²) < 4.78 is 0. The molecule has 0 radical (unpaired) electrons. The van der Waals surface area contributed by atoms with Crippen molar-refractivity contribution in [2.75, 3.05) is 11.9 Å². The molecule has 0 aromatic heterocycles. The zero-order valence-corrected chi connectivity index (χ0v) is 15.5. The maximum absolute atomic E-state index is 13.5. The van der Waals surface area contributed by atoms with Crippen LogP contribution in [-0.4, -0.2) is 34.2 Å². The number of anilines is 1. The zero-order valence-electron chi connectivity index (χ0n) is 15.5. The van der Waals surface area contributed by atoms with Gasteiger partial charge in [-0.15, -0.1) is 0 Å². The van der Waals surface area contributed by atoms with Crippen LogP contribution >= 0.6 is 0 Å². The minimum absolute atomic E-state index is 0.151. The number of para-hydroxylation sites is 1. The molecule has 2 aromatic carbocycles. The van der Waals surface area contributed by atoms with Crippen molar-refractivity contribution in [1.82, 2.24) is 4.90 Å². The van der Waals surface area contributed by atoms with Gasteiger partial charge in [0, 0.05) is 18.3 Å². The van der Waals surface area contributed by atoms with Crippen molar-refractivity contribution in [1.29, 1.82) is 0 Å². The largest absolute Gasteiger partial charge is 0.362 e. The predicted molar refractivity (Wildman–Crippen MR) is 105 cm³/mol. The van der Waals surface area contributed by atoms with E-state index < -0.39 is 11.1 Å². The molecular weight excluding hydrogens is 336 g/mol. The summed E-state index contributed by atoms with van der Waals surface area (Å²) in [4.78, 5) is 15.5. The topological polar surface area (TPSA) is 52.6 Å². The van der Waals surface area contributed by atoms with Gasteiger partial charge in [-0.3, -0.25) is 4.79 Å². The van der Waals surface area contributed by atoms with Crippen LogP contribution in [0.2, 0.25) is 0 Å². The monoisotopic (exact) mass is 362 g/mol. The lowest BCUT2D eigenvalue weighted by atomic mass is 9.72. The first kappa shape index (κ1) is 16.8. The highest BCUT2D eigenvalue weighted by molar-refractivity contribution is 5.96. The Morgan fingerprint density at radius 3 is 2.48 bits per heavy atom. The minimum atomic E-state index is -1.57. The highest BCUT2D eigenvalue weighted by Crippen LogP contribution is 2.54. The summed E-state index contributed by atoms with van der Waals surface area (Å²) in [5.74, 6) is -0.151. The van der Waals surface area contributed by atoms with Gasteiger partial charge >= 0.3 is 0 Å². The molecule has 4 nitrogen and oxygen atoms in total. The Morgan fingerprint density at radius 2 is 1.70 bits per heavy atom. The summed E-state index contributed by atoms with van der Waals surface area (Å²) in [7, 11) is 0. The lowest BCUT2D eigenvalue weighted by Gasteiger charge is -2.34. The zero-order chi connectivity index (χ0) is 18.5. The van der Waals surface area contributed by atoms with Crippen LogP contribution in [0.25, 0.3) is 0 Å². The smallest absolute Gasteiger partial charge is 0.277 e. The number of aliphatic hydroxyl groups is 1. The van der Waals surface area contributed by atoms with Crippen LogP contribution in [0.5, 0.6) is 0 Å². The average Bonchev–Trinajstić information content (AvgIpc) is 3.08. The molecule has 2 aromatic rings. The molecule has 140 valence electrons. The summed E-state index contributed by atoms with van der Waals surface area (Å²) in [6, 6.07) is 18.5. The van der Waals surface area contributed by atoms with E-state index in [0.29, 0.717) is 13.0 Å². The maximum atomic E-state index is 13.5. The molecule has 1 saturated carbocycles. The number of carbonyl (C=O) groups excluding carboxylic acids is 1. The van der Waals surface area contributed by atoms with E-state index in [9.17, 15) is 9.90 Å². The molecule has 27 heavy (non-hydrogen) atoms. The van der Waals surface area contributed by atoms with E-state index in [2.05, 4.69) is 23.5 Å². The number of likely N-dealkylation sites (tertiary alicyclic amines) is 1. The number of rotatable bonds is 3. The molecule has 2 fully saturated rings. The van der Waals surface area contributed by atoms with Gasteiger partial charge in [0.05, 0.1) is 5.41 Å². The van der Waals surface area contributed by atoms with Gasteiger partial charge < -0.3 is 15.3 Å². The van der Waals surface area contributed by atoms with Gasteiger partial charge in [-0.1, -0.05) is 67.8 Å². The number of amides is 1. The Morgan fingerprint density at radius 1 is 1.00 bits per heavy atom. The first-order valence-electron chi connectivity index (χ1n) is 10.1. The average molecular weight is 362 g/mol. The molecule has 5 rings (SSSR count). The normalized spacial score (nSPS) is 30.1.